The monoisotopic (exact) mass is 410 g/mol. The van der Waals surface area contributed by atoms with Crippen LogP contribution < -0.4 is 10.6 Å². The van der Waals surface area contributed by atoms with Crippen LogP contribution in [0.4, 0.5) is 10.5 Å². The van der Waals surface area contributed by atoms with Gasteiger partial charge >= 0.3 is 12.0 Å². The number of aliphatic carboxylic acids is 1. The van der Waals surface area contributed by atoms with E-state index in [1.165, 1.54) is 0 Å². The zero-order valence-electron chi connectivity index (χ0n) is 11.1. The molecule has 1 aromatic carbocycles. The summed E-state index contributed by atoms with van der Waals surface area (Å²) >= 11 is 7.89. The van der Waals surface area contributed by atoms with E-state index in [1.807, 2.05) is 0 Å². The zero-order chi connectivity index (χ0) is 15.3. The summed E-state index contributed by atoms with van der Waals surface area (Å²) in [7, 11) is 0. The van der Waals surface area contributed by atoms with Crippen molar-refractivity contribution in [2.75, 3.05) is 11.9 Å². The molecule has 1 rings (SSSR count). The van der Waals surface area contributed by atoms with Gasteiger partial charge in [0.2, 0.25) is 0 Å². The van der Waals surface area contributed by atoms with E-state index in [1.54, 1.807) is 32.0 Å². The predicted molar refractivity (Wildman–Crippen MR) is 87.2 cm³/mol. The van der Waals surface area contributed by atoms with Crippen molar-refractivity contribution < 1.29 is 14.7 Å². The first-order valence-corrected chi connectivity index (χ1v) is 7.49. The molecule has 0 saturated heterocycles. The first-order valence-electron chi connectivity index (χ1n) is 6.04. The van der Waals surface area contributed by atoms with Gasteiger partial charge in [0.05, 0.1) is 11.6 Å². The summed E-state index contributed by atoms with van der Waals surface area (Å²) in [6.45, 7) is 3.70. The van der Waals surface area contributed by atoms with Crippen LogP contribution in [0.1, 0.15) is 13.8 Å². The third-order valence-corrected chi connectivity index (χ3v) is 3.91. The fraction of sp³-hybridized carbons (Fsp3) is 0.385. The molecule has 7 heteroatoms. The zero-order valence-corrected chi connectivity index (χ0v) is 14.0. The number of rotatable bonds is 5. The Morgan fingerprint density at radius 2 is 2.05 bits per heavy atom. The Kier molecular flexibility index (Phi) is 6.54. The average Bonchev–Trinajstić information content (AvgIpc) is 2.32. The number of amides is 2. The lowest BCUT2D eigenvalue weighted by Crippen LogP contribution is -2.37. The average molecular weight is 411 g/mol. The second-order valence-corrected chi connectivity index (χ2v) is 6.25. The number of carboxylic acid groups (broad SMARTS) is 1. The number of nitrogens with one attached hydrogen (secondary N) is 2. The Morgan fingerprint density at radius 3 is 2.55 bits per heavy atom. The van der Waals surface area contributed by atoms with Gasteiger partial charge in [-0.1, -0.05) is 25.4 Å². The summed E-state index contributed by atoms with van der Waals surface area (Å²) in [5.74, 6) is -1.57. The molecule has 1 atom stereocenters. The molecule has 3 N–H and O–H groups in total. The second kappa shape index (κ2) is 7.68. The van der Waals surface area contributed by atoms with Gasteiger partial charge in [0.25, 0.3) is 0 Å². The molecule has 0 aliphatic rings. The Bertz CT molecular complexity index is 508. The standard InChI is InChI=1S/C13H16ClIN2O3/c1-7(2)9(12(18)19)6-16-13(20)17-11-4-3-8(14)5-10(11)15/h3-5,7,9H,6H2,1-2H3,(H,18,19)(H2,16,17,20). The summed E-state index contributed by atoms with van der Waals surface area (Å²) in [6, 6.07) is 4.66. The van der Waals surface area contributed by atoms with Gasteiger partial charge in [-0.3, -0.25) is 4.79 Å². The highest BCUT2D eigenvalue weighted by Crippen LogP contribution is 2.22. The number of urea groups is 1. The number of hydrogen-bond acceptors (Lipinski definition) is 2. The highest BCUT2D eigenvalue weighted by Gasteiger charge is 2.22. The van der Waals surface area contributed by atoms with Crippen molar-refractivity contribution in [1.82, 2.24) is 5.32 Å². The van der Waals surface area contributed by atoms with Gasteiger partial charge in [0.15, 0.2) is 0 Å². The minimum Gasteiger partial charge on any atom is -0.481 e. The van der Waals surface area contributed by atoms with Crippen molar-refractivity contribution in [3.63, 3.8) is 0 Å². The van der Waals surface area contributed by atoms with Crippen LogP contribution in [0, 0.1) is 15.4 Å². The number of anilines is 1. The smallest absolute Gasteiger partial charge is 0.319 e. The van der Waals surface area contributed by atoms with E-state index in [9.17, 15) is 9.59 Å². The molecule has 20 heavy (non-hydrogen) atoms. The van der Waals surface area contributed by atoms with Crippen molar-refractivity contribution in [3.8, 4) is 0 Å². The van der Waals surface area contributed by atoms with E-state index < -0.39 is 17.9 Å². The largest absolute Gasteiger partial charge is 0.481 e. The highest BCUT2D eigenvalue weighted by molar-refractivity contribution is 14.1. The van der Waals surface area contributed by atoms with Gasteiger partial charge < -0.3 is 15.7 Å². The van der Waals surface area contributed by atoms with Crippen LogP contribution >= 0.6 is 34.2 Å². The Morgan fingerprint density at radius 1 is 1.40 bits per heavy atom. The fourth-order valence-electron chi connectivity index (χ4n) is 1.57. The van der Waals surface area contributed by atoms with Crippen molar-refractivity contribution in [3.05, 3.63) is 26.8 Å². The maximum Gasteiger partial charge on any atom is 0.319 e. The van der Waals surface area contributed by atoms with E-state index in [2.05, 4.69) is 33.2 Å². The molecule has 1 aromatic rings. The minimum atomic E-state index is -0.915. The van der Waals surface area contributed by atoms with Gasteiger partial charge in [-0.2, -0.15) is 0 Å². The molecular weight excluding hydrogens is 395 g/mol. The summed E-state index contributed by atoms with van der Waals surface area (Å²) in [6.07, 6.45) is 0. The molecule has 2 amide bonds. The predicted octanol–water partition coefficient (Wildman–Crippen LogP) is 3.42. The van der Waals surface area contributed by atoms with Crippen molar-refractivity contribution in [2.24, 2.45) is 11.8 Å². The molecule has 0 spiro atoms. The lowest BCUT2D eigenvalue weighted by Gasteiger charge is -2.17. The van der Waals surface area contributed by atoms with E-state index in [-0.39, 0.29) is 12.5 Å². The Labute approximate surface area is 136 Å². The fourth-order valence-corrected chi connectivity index (χ4v) is 2.57. The normalized spacial score (nSPS) is 12.1. The summed E-state index contributed by atoms with van der Waals surface area (Å²) in [5.41, 5.74) is 0.629. The van der Waals surface area contributed by atoms with Crippen LogP contribution in [0.25, 0.3) is 0 Å². The Balaban J connectivity index is 2.57. The van der Waals surface area contributed by atoms with Crippen LogP contribution in [0.5, 0.6) is 0 Å². The molecule has 0 aromatic heterocycles. The summed E-state index contributed by atoms with van der Waals surface area (Å²) in [4.78, 5) is 22.8. The van der Waals surface area contributed by atoms with Crippen LogP contribution in [-0.2, 0) is 4.79 Å². The molecule has 0 radical (unpaired) electrons. The van der Waals surface area contributed by atoms with Crippen LogP contribution in [0.15, 0.2) is 18.2 Å². The summed E-state index contributed by atoms with van der Waals surface area (Å²) < 4.78 is 0.809. The third-order valence-electron chi connectivity index (χ3n) is 2.78. The third kappa shape index (κ3) is 5.16. The number of benzene rings is 1. The lowest BCUT2D eigenvalue weighted by molar-refractivity contribution is -0.142. The van der Waals surface area contributed by atoms with Gasteiger partial charge in [-0.25, -0.2) is 4.79 Å². The molecule has 0 saturated carbocycles. The minimum absolute atomic E-state index is 0.0523. The maximum atomic E-state index is 11.7. The highest BCUT2D eigenvalue weighted by atomic mass is 127. The first-order chi connectivity index (χ1) is 9.31. The maximum absolute atomic E-state index is 11.7. The topological polar surface area (TPSA) is 78.4 Å². The van der Waals surface area contributed by atoms with Crippen LogP contribution in [0.2, 0.25) is 5.02 Å². The van der Waals surface area contributed by atoms with Crippen molar-refractivity contribution in [2.45, 2.75) is 13.8 Å². The van der Waals surface area contributed by atoms with Gasteiger partial charge in [0.1, 0.15) is 0 Å². The molecule has 0 aliphatic heterocycles. The number of carboxylic acids is 1. The molecular formula is C13H16ClIN2O3. The molecule has 110 valence electrons. The number of carbonyl (C=O) groups excluding carboxylic acids is 1. The van der Waals surface area contributed by atoms with Crippen molar-refractivity contribution in [1.29, 1.82) is 0 Å². The van der Waals surface area contributed by atoms with Gasteiger partial charge in [-0.15, -0.1) is 0 Å². The molecule has 0 bridgehead atoms. The number of hydrogen-bond donors (Lipinski definition) is 3. The van der Waals surface area contributed by atoms with Crippen LogP contribution in [-0.4, -0.2) is 23.7 Å². The Hall–Kier alpha value is -1.02. The molecule has 1 unspecified atom stereocenters. The van der Waals surface area contributed by atoms with E-state index in [0.29, 0.717) is 10.7 Å². The van der Waals surface area contributed by atoms with E-state index in [4.69, 9.17) is 16.7 Å². The van der Waals surface area contributed by atoms with Crippen LogP contribution in [0.3, 0.4) is 0 Å². The molecule has 0 aliphatic carbocycles. The second-order valence-electron chi connectivity index (χ2n) is 4.65. The number of halogens is 2. The first kappa shape index (κ1) is 17.0. The lowest BCUT2D eigenvalue weighted by atomic mass is 9.96. The molecule has 5 nitrogen and oxygen atoms in total. The van der Waals surface area contributed by atoms with Gasteiger partial charge in [0, 0.05) is 15.1 Å². The number of carbonyl (C=O) groups is 2. The van der Waals surface area contributed by atoms with E-state index >= 15 is 0 Å². The van der Waals surface area contributed by atoms with E-state index in [0.717, 1.165) is 3.57 Å². The SMILES string of the molecule is CC(C)C(CNC(=O)Nc1ccc(Cl)cc1I)C(=O)O. The molecule has 0 fully saturated rings. The van der Waals surface area contributed by atoms with Crippen molar-refractivity contribution >= 4 is 51.9 Å². The summed E-state index contributed by atoms with van der Waals surface area (Å²) in [5, 5.41) is 14.9. The molecule has 0 heterocycles. The quantitative estimate of drug-likeness (QED) is 0.651. The van der Waals surface area contributed by atoms with Gasteiger partial charge in [-0.05, 0) is 46.7 Å².